The predicted molar refractivity (Wildman–Crippen MR) is 37.8 cm³/mol. The molecular weight excluding hydrogens is 178 g/mol. The molecule has 3 nitrogen and oxygen atoms in total. The zero-order chi connectivity index (χ0) is 7.78. The van der Waals surface area contributed by atoms with Crippen molar-refractivity contribution < 1.29 is 13.6 Å². The van der Waals surface area contributed by atoms with Crippen LogP contribution in [0, 0.1) is 0 Å². The van der Waals surface area contributed by atoms with E-state index in [0.717, 1.165) is 0 Å². The number of primary amides is 1. The van der Waals surface area contributed by atoms with Gasteiger partial charge < -0.3 is 5.73 Å². The van der Waals surface area contributed by atoms with Crippen molar-refractivity contribution in [1.29, 1.82) is 0 Å². The maximum absolute atomic E-state index is 12.3. The van der Waals surface area contributed by atoms with Crippen molar-refractivity contribution in [1.82, 2.24) is 5.32 Å². The summed E-state index contributed by atoms with van der Waals surface area (Å²) in [5, 5.41) is 2.32. The number of carbonyl (C=O) groups is 1. The van der Waals surface area contributed by atoms with Crippen LogP contribution in [0.3, 0.4) is 0 Å². The smallest absolute Gasteiger partial charge is 0.262 e. The predicted octanol–water partition coefficient (Wildman–Crippen LogP) is -0.109. The van der Waals surface area contributed by atoms with Gasteiger partial charge in [-0.25, -0.2) is 8.78 Å². The molecule has 0 aromatic carbocycles. The maximum Gasteiger partial charge on any atom is 0.262 e. The molecule has 0 aromatic heterocycles. The molecule has 0 radical (unpaired) electrons. The molecule has 1 heterocycles. The monoisotopic (exact) mass is 186 g/mol. The van der Waals surface area contributed by atoms with Crippen LogP contribution in [0.5, 0.6) is 0 Å². The van der Waals surface area contributed by atoms with Crippen molar-refractivity contribution in [2.75, 3.05) is 6.54 Å². The summed E-state index contributed by atoms with van der Waals surface area (Å²) in [4.78, 5) is 10.3. The van der Waals surface area contributed by atoms with Crippen molar-refractivity contribution in [2.45, 2.75) is 18.4 Å². The molecule has 1 saturated heterocycles. The van der Waals surface area contributed by atoms with Gasteiger partial charge in [0.2, 0.25) is 5.91 Å². The second-order valence-electron chi connectivity index (χ2n) is 2.40. The Kier molecular flexibility index (Phi) is 3.19. The van der Waals surface area contributed by atoms with E-state index in [9.17, 15) is 13.6 Å². The van der Waals surface area contributed by atoms with Crippen LogP contribution in [-0.2, 0) is 4.79 Å². The first kappa shape index (κ1) is 10.6. The third kappa shape index (κ3) is 2.59. The van der Waals surface area contributed by atoms with Crippen LogP contribution in [0.15, 0.2) is 0 Å². The van der Waals surface area contributed by atoms with E-state index in [1.54, 1.807) is 0 Å². The number of halogens is 3. The van der Waals surface area contributed by atoms with Crippen molar-refractivity contribution in [3.8, 4) is 0 Å². The minimum absolute atomic E-state index is 0. The van der Waals surface area contributed by atoms with Crippen molar-refractivity contribution in [2.24, 2.45) is 5.73 Å². The highest BCUT2D eigenvalue weighted by atomic mass is 35.5. The summed E-state index contributed by atoms with van der Waals surface area (Å²) in [7, 11) is 0. The summed E-state index contributed by atoms with van der Waals surface area (Å²) >= 11 is 0. The van der Waals surface area contributed by atoms with E-state index < -0.39 is 30.8 Å². The van der Waals surface area contributed by atoms with Gasteiger partial charge in [-0.3, -0.25) is 10.1 Å². The summed E-state index contributed by atoms with van der Waals surface area (Å²) in [6.07, 6.45) is -0.470. The third-order valence-corrected chi connectivity index (χ3v) is 1.45. The number of nitrogens with one attached hydrogen (secondary N) is 1. The Labute approximate surface area is 68.7 Å². The van der Waals surface area contributed by atoms with Gasteiger partial charge in [0.15, 0.2) is 0 Å². The molecule has 11 heavy (non-hydrogen) atoms. The quantitative estimate of drug-likeness (QED) is 0.601. The molecule has 1 aliphatic heterocycles. The largest absolute Gasteiger partial charge is 0.368 e. The number of amides is 1. The molecule has 66 valence electrons. The first-order valence-electron chi connectivity index (χ1n) is 2.92. The molecule has 0 unspecified atom stereocenters. The van der Waals surface area contributed by atoms with Crippen LogP contribution in [0.4, 0.5) is 8.78 Å². The van der Waals surface area contributed by atoms with Crippen LogP contribution in [0.1, 0.15) is 6.42 Å². The van der Waals surface area contributed by atoms with E-state index in [4.69, 9.17) is 5.73 Å². The lowest BCUT2D eigenvalue weighted by Crippen LogP contribution is -2.36. The normalized spacial score (nSPS) is 27.6. The molecule has 0 aromatic rings. The molecule has 1 amide bonds. The fraction of sp³-hybridized carbons (Fsp3) is 0.800. The molecular formula is C5H9ClF2N2O. The molecule has 1 atom stereocenters. The molecule has 0 spiro atoms. The molecule has 1 aliphatic rings. The van der Waals surface area contributed by atoms with Crippen molar-refractivity contribution in [3.05, 3.63) is 0 Å². The number of nitrogens with two attached hydrogens (primary N) is 1. The Morgan fingerprint density at radius 3 is 2.36 bits per heavy atom. The first-order valence-corrected chi connectivity index (χ1v) is 2.92. The fourth-order valence-electron chi connectivity index (χ4n) is 0.917. The molecule has 0 aliphatic carbocycles. The molecule has 0 bridgehead atoms. The van der Waals surface area contributed by atoms with Gasteiger partial charge >= 0.3 is 0 Å². The minimum atomic E-state index is -2.76. The van der Waals surface area contributed by atoms with Gasteiger partial charge in [0.25, 0.3) is 5.92 Å². The van der Waals surface area contributed by atoms with Gasteiger partial charge in [0, 0.05) is 6.42 Å². The Hall–Kier alpha value is -0.420. The third-order valence-electron chi connectivity index (χ3n) is 1.45. The van der Waals surface area contributed by atoms with Crippen LogP contribution >= 0.6 is 12.4 Å². The summed E-state index contributed by atoms with van der Waals surface area (Å²) in [6, 6.07) is -0.852. The Morgan fingerprint density at radius 1 is 1.64 bits per heavy atom. The Balaban J connectivity index is 0.000001000. The van der Waals surface area contributed by atoms with Crippen molar-refractivity contribution in [3.63, 3.8) is 0 Å². The van der Waals surface area contributed by atoms with Gasteiger partial charge in [-0.2, -0.15) is 0 Å². The molecule has 3 N–H and O–H groups in total. The minimum Gasteiger partial charge on any atom is -0.368 e. The first-order chi connectivity index (χ1) is 4.51. The Bertz CT molecular complexity index is 165. The molecule has 6 heteroatoms. The van der Waals surface area contributed by atoms with Gasteiger partial charge in [-0.05, 0) is 0 Å². The standard InChI is InChI=1S/C5H8F2N2O.ClH/c6-5(7)1-3(4(8)10)9-2-5;/h3,9H,1-2H2,(H2,8,10);1H/t3-;/m1./s1. The van der Waals surface area contributed by atoms with E-state index in [1.807, 2.05) is 0 Å². The van der Waals surface area contributed by atoms with Gasteiger partial charge in [-0.15, -0.1) is 12.4 Å². The van der Waals surface area contributed by atoms with E-state index in [0.29, 0.717) is 0 Å². The van der Waals surface area contributed by atoms with E-state index in [-0.39, 0.29) is 12.4 Å². The van der Waals surface area contributed by atoms with Crippen LogP contribution in [-0.4, -0.2) is 24.4 Å². The average Bonchev–Trinajstić information content (AvgIpc) is 2.10. The van der Waals surface area contributed by atoms with Gasteiger partial charge in [0.1, 0.15) is 0 Å². The van der Waals surface area contributed by atoms with E-state index in [1.165, 1.54) is 0 Å². The number of carbonyl (C=O) groups excluding carboxylic acids is 1. The number of hydrogen-bond donors (Lipinski definition) is 2. The second kappa shape index (κ2) is 3.32. The lowest BCUT2D eigenvalue weighted by molar-refractivity contribution is -0.120. The molecule has 0 saturated carbocycles. The second-order valence-corrected chi connectivity index (χ2v) is 2.40. The average molecular weight is 187 g/mol. The van der Waals surface area contributed by atoms with Gasteiger partial charge in [-0.1, -0.05) is 0 Å². The van der Waals surface area contributed by atoms with Crippen LogP contribution < -0.4 is 11.1 Å². The highest BCUT2D eigenvalue weighted by molar-refractivity contribution is 5.85. The SMILES string of the molecule is Cl.NC(=O)[C@H]1CC(F)(F)CN1. The highest BCUT2D eigenvalue weighted by Crippen LogP contribution is 2.24. The summed E-state index contributed by atoms with van der Waals surface area (Å²) in [5.41, 5.74) is 4.78. The zero-order valence-corrected chi connectivity index (χ0v) is 6.46. The highest BCUT2D eigenvalue weighted by Gasteiger charge is 2.41. The van der Waals surface area contributed by atoms with E-state index >= 15 is 0 Å². The number of hydrogen-bond acceptors (Lipinski definition) is 2. The summed E-state index contributed by atoms with van der Waals surface area (Å²) in [6.45, 7) is -0.444. The van der Waals surface area contributed by atoms with Crippen LogP contribution in [0.2, 0.25) is 0 Å². The van der Waals surface area contributed by atoms with Crippen molar-refractivity contribution >= 4 is 18.3 Å². The Morgan fingerprint density at radius 2 is 2.18 bits per heavy atom. The molecule has 1 fully saturated rings. The summed E-state index contributed by atoms with van der Waals surface area (Å²) in [5.74, 6) is -3.48. The maximum atomic E-state index is 12.3. The van der Waals surface area contributed by atoms with Gasteiger partial charge in [0.05, 0.1) is 12.6 Å². The van der Waals surface area contributed by atoms with Crippen LogP contribution in [0.25, 0.3) is 0 Å². The van der Waals surface area contributed by atoms with E-state index in [2.05, 4.69) is 5.32 Å². The lowest BCUT2D eigenvalue weighted by atomic mass is 10.2. The summed E-state index contributed by atoms with van der Waals surface area (Å²) < 4.78 is 24.6. The zero-order valence-electron chi connectivity index (χ0n) is 5.64. The topological polar surface area (TPSA) is 55.1 Å². The molecule has 1 rings (SSSR count). The fourth-order valence-corrected chi connectivity index (χ4v) is 0.917. The lowest BCUT2D eigenvalue weighted by Gasteiger charge is -2.04. The number of alkyl halides is 2. The number of rotatable bonds is 1.